The van der Waals surface area contributed by atoms with E-state index in [1.807, 2.05) is 30.3 Å². The average Bonchev–Trinajstić information content (AvgIpc) is 2.50. The van der Waals surface area contributed by atoms with Gasteiger partial charge in [-0.1, -0.05) is 41.9 Å². The molecule has 2 rings (SSSR count). The van der Waals surface area contributed by atoms with Crippen molar-refractivity contribution in [1.29, 1.82) is 0 Å². The van der Waals surface area contributed by atoms with Crippen LogP contribution in [0.5, 0.6) is 5.75 Å². The third-order valence-electron chi connectivity index (χ3n) is 3.09. The molecule has 0 heterocycles. The summed E-state index contributed by atoms with van der Waals surface area (Å²) < 4.78 is 0. The molecule has 0 aromatic heterocycles. The number of hydrogen-bond donors (Lipinski definition) is 3. The Morgan fingerprint density at radius 1 is 1.19 bits per heavy atom. The van der Waals surface area contributed by atoms with Gasteiger partial charge in [0.05, 0.1) is 17.7 Å². The van der Waals surface area contributed by atoms with Crippen LogP contribution in [0.3, 0.4) is 0 Å². The number of halogens is 1. The first kappa shape index (κ1) is 15.4. The molecule has 0 saturated carbocycles. The van der Waals surface area contributed by atoms with Gasteiger partial charge < -0.3 is 15.5 Å². The molecule has 3 N–H and O–H groups in total. The van der Waals surface area contributed by atoms with E-state index in [0.717, 1.165) is 5.56 Å². The first-order chi connectivity index (χ1) is 10.1. The summed E-state index contributed by atoms with van der Waals surface area (Å²) in [4.78, 5) is 12.1. The van der Waals surface area contributed by atoms with Crippen LogP contribution in [0.4, 0.5) is 0 Å². The Hall–Kier alpha value is -2.04. The zero-order valence-corrected chi connectivity index (χ0v) is 12.0. The van der Waals surface area contributed by atoms with Gasteiger partial charge in [0.25, 0.3) is 5.91 Å². The molecule has 4 nitrogen and oxygen atoms in total. The van der Waals surface area contributed by atoms with Crippen LogP contribution in [0.15, 0.2) is 48.5 Å². The predicted octanol–water partition coefficient (Wildman–Crippen LogP) is 2.38. The minimum Gasteiger partial charge on any atom is -0.506 e. The van der Waals surface area contributed by atoms with E-state index < -0.39 is 0 Å². The minimum atomic E-state index is -0.382. The lowest BCUT2D eigenvalue weighted by Gasteiger charge is -2.16. The van der Waals surface area contributed by atoms with Gasteiger partial charge in [0, 0.05) is 5.56 Å². The lowest BCUT2D eigenvalue weighted by molar-refractivity contribution is 0.0916. The van der Waals surface area contributed by atoms with Crippen LogP contribution in [-0.2, 0) is 6.42 Å². The van der Waals surface area contributed by atoms with Gasteiger partial charge in [-0.15, -0.1) is 0 Å². The number of benzene rings is 2. The van der Waals surface area contributed by atoms with Crippen molar-refractivity contribution in [3.8, 4) is 5.75 Å². The van der Waals surface area contributed by atoms with E-state index in [1.54, 1.807) is 0 Å². The summed E-state index contributed by atoms with van der Waals surface area (Å²) in [6.45, 7) is -0.160. The molecule has 0 aliphatic carbocycles. The van der Waals surface area contributed by atoms with E-state index in [1.165, 1.54) is 18.2 Å². The third kappa shape index (κ3) is 4.21. The van der Waals surface area contributed by atoms with Gasteiger partial charge in [-0.2, -0.15) is 0 Å². The summed E-state index contributed by atoms with van der Waals surface area (Å²) in [7, 11) is 0. The number of nitrogens with one attached hydrogen (secondary N) is 1. The molecule has 2 aromatic rings. The molecule has 0 spiro atoms. The van der Waals surface area contributed by atoms with Crippen LogP contribution in [0.25, 0.3) is 0 Å². The highest BCUT2D eigenvalue weighted by molar-refractivity contribution is 6.32. The SMILES string of the molecule is O=C(N[C@H](CO)Cc1ccccc1)c1ccc(O)c(Cl)c1. The maximum Gasteiger partial charge on any atom is 0.251 e. The predicted molar refractivity (Wildman–Crippen MR) is 81.6 cm³/mol. The van der Waals surface area contributed by atoms with Gasteiger partial charge in [0.1, 0.15) is 5.75 Å². The van der Waals surface area contributed by atoms with Crippen molar-refractivity contribution in [3.63, 3.8) is 0 Å². The average molecular weight is 306 g/mol. The molecule has 0 radical (unpaired) electrons. The molecule has 0 bridgehead atoms. The van der Waals surface area contributed by atoms with E-state index in [2.05, 4.69) is 5.32 Å². The number of carbonyl (C=O) groups excluding carboxylic acids is 1. The quantitative estimate of drug-likeness (QED) is 0.794. The monoisotopic (exact) mass is 305 g/mol. The van der Waals surface area contributed by atoms with E-state index in [0.29, 0.717) is 12.0 Å². The molecule has 1 amide bonds. The van der Waals surface area contributed by atoms with Crippen molar-refractivity contribution in [2.24, 2.45) is 0 Å². The van der Waals surface area contributed by atoms with Gasteiger partial charge in [-0.05, 0) is 30.2 Å². The number of phenols is 1. The summed E-state index contributed by atoms with van der Waals surface area (Å²) in [5, 5.41) is 21.6. The highest BCUT2D eigenvalue weighted by Gasteiger charge is 2.14. The van der Waals surface area contributed by atoms with Gasteiger partial charge >= 0.3 is 0 Å². The molecule has 0 aliphatic rings. The van der Waals surface area contributed by atoms with Crippen molar-refractivity contribution in [1.82, 2.24) is 5.32 Å². The Kier molecular flexibility index (Phi) is 5.20. The van der Waals surface area contributed by atoms with E-state index in [9.17, 15) is 15.0 Å². The number of carbonyl (C=O) groups is 1. The highest BCUT2D eigenvalue weighted by Crippen LogP contribution is 2.23. The molecule has 0 unspecified atom stereocenters. The first-order valence-corrected chi connectivity index (χ1v) is 6.92. The van der Waals surface area contributed by atoms with Crippen LogP contribution in [-0.4, -0.2) is 28.8 Å². The summed E-state index contributed by atoms with van der Waals surface area (Å²) in [5.41, 5.74) is 1.37. The maximum absolute atomic E-state index is 12.1. The molecule has 21 heavy (non-hydrogen) atoms. The Bertz CT molecular complexity index is 616. The van der Waals surface area contributed by atoms with Crippen LogP contribution in [0.1, 0.15) is 15.9 Å². The third-order valence-corrected chi connectivity index (χ3v) is 3.39. The fraction of sp³-hybridized carbons (Fsp3) is 0.188. The van der Waals surface area contributed by atoms with Crippen molar-refractivity contribution >= 4 is 17.5 Å². The second-order valence-corrected chi connectivity index (χ2v) is 5.12. The molecular weight excluding hydrogens is 290 g/mol. The van der Waals surface area contributed by atoms with Gasteiger partial charge in [0.2, 0.25) is 0 Å². The second kappa shape index (κ2) is 7.11. The molecule has 0 fully saturated rings. The van der Waals surface area contributed by atoms with Crippen LogP contribution in [0, 0.1) is 0 Å². The van der Waals surface area contributed by atoms with Crippen molar-refractivity contribution in [2.75, 3.05) is 6.61 Å². The number of amides is 1. The zero-order chi connectivity index (χ0) is 15.2. The Balaban J connectivity index is 2.04. The largest absolute Gasteiger partial charge is 0.506 e. The lowest BCUT2D eigenvalue weighted by Crippen LogP contribution is -2.39. The number of aliphatic hydroxyl groups is 1. The Labute approximate surface area is 128 Å². The number of aliphatic hydroxyl groups excluding tert-OH is 1. The standard InChI is InChI=1S/C16H16ClNO3/c17-14-9-12(6-7-15(14)20)16(21)18-13(10-19)8-11-4-2-1-3-5-11/h1-7,9,13,19-20H,8,10H2,(H,18,21)/t13-/m0/s1. The lowest BCUT2D eigenvalue weighted by atomic mass is 10.1. The van der Waals surface area contributed by atoms with Crippen LogP contribution >= 0.6 is 11.6 Å². The topological polar surface area (TPSA) is 69.6 Å². The molecule has 110 valence electrons. The molecule has 1 atom stereocenters. The zero-order valence-electron chi connectivity index (χ0n) is 11.3. The molecule has 5 heteroatoms. The molecule has 0 aliphatic heterocycles. The van der Waals surface area contributed by atoms with Gasteiger partial charge in [-0.25, -0.2) is 0 Å². The smallest absolute Gasteiger partial charge is 0.251 e. The summed E-state index contributed by atoms with van der Waals surface area (Å²) in [5.74, 6) is -0.414. The number of rotatable bonds is 5. The normalized spacial score (nSPS) is 11.9. The fourth-order valence-corrected chi connectivity index (χ4v) is 2.16. The van der Waals surface area contributed by atoms with Gasteiger partial charge in [-0.3, -0.25) is 4.79 Å². The first-order valence-electron chi connectivity index (χ1n) is 6.54. The van der Waals surface area contributed by atoms with Crippen molar-refractivity contribution in [3.05, 3.63) is 64.7 Å². The van der Waals surface area contributed by atoms with Gasteiger partial charge in [0.15, 0.2) is 0 Å². The summed E-state index contributed by atoms with van der Waals surface area (Å²) >= 11 is 5.78. The van der Waals surface area contributed by atoms with E-state index >= 15 is 0 Å². The molecular formula is C16H16ClNO3. The highest BCUT2D eigenvalue weighted by atomic mass is 35.5. The van der Waals surface area contributed by atoms with Crippen LogP contribution < -0.4 is 5.32 Å². The molecule has 2 aromatic carbocycles. The summed E-state index contributed by atoms with van der Waals surface area (Å²) in [6, 6.07) is 13.5. The van der Waals surface area contributed by atoms with Crippen molar-refractivity contribution < 1.29 is 15.0 Å². The van der Waals surface area contributed by atoms with E-state index in [4.69, 9.17) is 11.6 Å². The maximum atomic E-state index is 12.1. The fourth-order valence-electron chi connectivity index (χ4n) is 1.98. The van der Waals surface area contributed by atoms with E-state index in [-0.39, 0.29) is 29.3 Å². The molecule has 0 saturated heterocycles. The number of hydrogen-bond acceptors (Lipinski definition) is 3. The van der Waals surface area contributed by atoms with Crippen LogP contribution in [0.2, 0.25) is 5.02 Å². The Morgan fingerprint density at radius 3 is 2.52 bits per heavy atom. The minimum absolute atomic E-state index is 0.0730. The Morgan fingerprint density at radius 2 is 1.90 bits per heavy atom. The van der Waals surface area contributed by atoms with Crippen molar-refractivity contribution in [2.45, 2.75) is 12.5 Å². The summed E-state index contributed by atoms with van der Waals surface area (Å²) in [6.07, 6.45) is 0.537. The number of aromatic hydroxyl groups is 1. The number of phenolic OH excluding ortho intramolecular Hbond substituents is 1. The second-order valence-electron chi connectivity index (χ2n) is 4.71.